The predicted molar refractivity (Wildman–Crippen MR) is 117 cm³/mol. The molecule has 3 atom stereocenters. The summed E-state index contributed by atoms with van der Waals surface area (Å²) in [6, 6.07) is 2.36. The van der Waals surface area contributed by atoms with Crippen molar-refractivity contribution in [2.45, 2.75) is 57.8 Å². The van der Waals surface area contributed by atoms with Gasteiger partial charge in [-0.15, -0.1) is 11.6 Å². The summed E-state index contributed by atoms with van der Waals surface area (Å²) in [5, 5.41) is 1.92. The molecule has 1 aromatic carbocycles. The number of amides is 2. The number of rotatable bonds is 9. The highest BCUT2D eigenvalue weighted by molar-refractivity contribution is 6.32. The van der Waals surface area contributed by atoms with E-state index in [-0.39, 0.29) is 42.2 Å². The molecule has 1 fully saturated rings. The number of primary amides is 1. The zero-order valence-corrected chi connectivity index (χ0v) is 19.6. The van der Waals surface area contributed by atoms with Gasteiger partial charge >= 0.3 is 0 Å². The number of hydrogen-bond donors (Lipinski definition) is 2. The van der Waals surface area contributed by atoms with E-state index in [2.05, 4.69) is 5.32 Å². The number of nitrogens with one attached hydrogen (secondary N) is 1. The van der Waals surface area contributed by atoms with E-state index in [0.717, 1.165) is 6.07 Å². The number of benzene rings is 1. The number of carbonyl (C=O) groups is 2. The van der Waals surface area contributed by atoms with Crippen LogP contribution in [-0.4, -0.2) is 42.3 Å². The van der Waals surface area contributed by atoms with Crippen LogP contribution in [0.4, 0.5) is 10.1 Å². The lowest BCUT2D eigenvalue weighted by molar-refractivity contribution is -0.275. The molecule has 3 unspecified atom stereocenters. The average molecular weight is 479 g/mol. The molecule has 0 saturated heterocycles. The molecule has 2 rings (SSSR count). The van der Waals surface area contributed by atoms with Crippen molar-refractivity contribution in [1.82, 2.24) is 0 Å². The first-order valence-corrected chi connectivity index (χ1v) is 11.1. The Balaban J connectivity index is 2.38. The van der Waals surface area contributed by atoms with Crippen LogP contribution in [0.15, 0.2) is 12.1 Å². The summed E-state index contributed by atoms with van der Waals surface area (Å²) in [5.74, 6) is -5.55. The lowest BCUT2D eigenvalue weighted by atomic mass is 9.73. The van der Waals surface area contributed by atoms with Gasteiger partial charge in [-0.05, 0) is 46.6 Å². The Morgan fingerprint density at radius 2 is 1.87 bits per heavy atom. The van der Waals surface area contributed by atoms with Gasteiger partial charge in [0.05, 0.1) is 28.1 Å². The van der Waals surface area contributed by atoms with Crippen LogP contribution in [0, 0.1) is 17.7 Å². The van der Waals surface area contributed by atoms with Crippen LogP contribution in [0.5, 0.6) is 5.75 Å². The van der Waals surface area contributed by atoms with Gasteiger partial charge in [-0.2, -0.15) is 0 Å². The monoisotopic (exact) mass is 478 g/mol. The molecular formula is C21H29Cl2FN2O5. The van der Waals surface area contributed by atoms with Crippen LogP contribution in [0.3, 0.4) is 0 Å². The Hall–Kier alpha value is -1.61. The molecule has 1 aliphatic carbocycles. The van der Waals surface area contributed by atoms with Gasteiger partial charge in [0.25, 0.3) is 0 Å². The zero-order chi connectivity index (χ0) is 23.3. The third kappa shape index (κ3) is 5.61. The summed E-state index contributed by atoms with van der Waals surface area (Å²) in [7, 11) is 0. The Labute approximate surface area is 191 Å². The molecule has 174 valence electrons. The van der Waals surface area contributed by atoms with Crippen molar-refractivity contribution in [2.75, 3.05) is 18.5 Å². The number of carbonyl (C=O) groups excluding carboxylic acids is 2. The number of ether oxygens (including phenoxy) is 3. The fraction of sp³-hybridized carbons (Fsp3) is 0.619. The fourth-order valence-electron chi connectivity index (χ4n) is 3.90. The highest BCUT2D eigenvalue weighted by Crippen LogP contribution is 2.45. The molecule has 1 saturated carbocycles. The second kappa shape index (κ2) is 10.8. The van der Waals surface area contributed by atoms with Crippen molar-refractivity contribution in [1.29, 1.82) is 0 Å². The Morgan fingerprint density at radius 1 is 1.26 bits per heavy atom. The first-order valence-electron chi connectivity index (χ1n) is 10.2. The van der Waals surface area contributed by atoms with Crippen LogP contribution in [-0.2, 0) is 19.1 Å². The van der Waals surface area contributed by atoms with Crippen LogP contribution in [0.1, 0.15) is 40.5 Å². The lowest BCUT2D eigenvalue weighted by Crippen LogP contribution is -2.62. The number of anilines is 1. The maximum atomic E-state index is 14.5. The van der Waals surface area contributed by atoms with E-state index in [4.69, 9.17) is 43.1 Å². The van der Waals surface area contributed by atoms with Gasteiger partial charge in [0.1, 0.15) is 17.5 Å². The molecule has 7 nitrogen and oxygen atoms in total. The smallest absolute Gasteiger partial charge is 0.228 e. The van der Waals surface area contributed by atoms with Crippen LogP contribution >= 0.6 is 23.2 Å². The summed E-state index contributed by atoms with van der Waals surface area (Å²) in [5.41, 5.74) is 5.54. The van der Waals surface area contributed by atoms with Gasteiger partial charge in [-0.3, -0.25) is 9.59 Å². The lowest BCUT2D eigenvalue weighted by Gasteiger charge is -2.47. The molecule has 2 amide bonds. The first kappa shape index (κ1) is 25.6. The minimum atomic E-state index is -1.55. The van der Waals surface area contributed by atoms with E-state index in [9.17, 15) is 14.0 Å². The highest BCUT2D eigenvalue weighted by atomic mass is 35.5. The van der Waals surface area contributed by atoms with Crippen LogP contribution in [0.25, 0.3) is 0 Å². The fourth-order valence-corrected chi connectivity index (χ4v) is 4.48. The summed E-state index contributed by atoms with van der Waals surface area (Å²) < 4.78 is 31.6. The van der Waals surface area contributed by atoms with Gasteiger partial charge in [-0.1, -0.05) is 11.6 Å². The molecule has 1 aliphatic rings. The van der Waals surface area contributed by atoms with E-state index in [1.807, 2.05) is 0 Å². The maximum absolute atomic E-state index is 14.5. The SMILES string of the molecule is CCOC1(OCC)C(Cl)CCC(C(=O)Nc2cc(OC(C)C)c(Cl)cc2F)C1C(N)=O. The summed E-state index contributed by atoms with van der Waals surface area (Å²) in [4.78, 5) is 25.6. The van der Waals surface area contributed by atoms with E-state index in [0.29, 0.717) is 6.42 Å². The number of alkyl halides is 1. The average Bonchev–Trinajstić information content (AvgIpc) is 2.67. The summed E-state index contributed by atoms with van der Waals surface area (Å²) in [6.45, 7) is 7.44. The Morgan fingerprint density at radius 3 is 2.39 bits per heavy atom. The minimum Gasteiger partial charge on any atom is -0.489 e. The number of nitrogens with two attached hydrogens (primary N) is 1. The number of halogens is 3. The second-order valence-corrected chi connectivity index (χ2v) is 8.47. The summed E-state index contributed by atoms with van der Waals surface area (Å²) in [6.07, 6.45) is 0.386. The molecule has 0 radical (unpaired) electrons. The number of hydrogen-bond acceptors (Lipinski definition) is 5. The third-order valence-electron chi connectivity index (χ3n) is 5.03. The molecule has 10 heteroatoms. The topological polar surface area (TPSA) is 99.9 Å². The molecule has 0 aromatic heterocycles. The van der Waals surface area contributed by atoms with Gasteiger partial charge in [0.2, 0.25) is 11.8 Å². The standard InChI is InChI=1S/C21H29Cl2FN2O5/c1-5-29-21(30-6-2)17(23)8-7-12(18(21)19(25)27)20(28)26-15-10-16(31-11(3)4)13(22)9-14(15)24/h9-12,17-18H,5-8H2,1-4H3,(H2,25,27)(H,26,28). The quantitative estimate of drug-likeness (QED) is 0.411. The molecular weight excluding hydrogens is 450 g/mol. The van der Waals surface area contributed by atoms with E-state index in [1.165, 1.54) is 6.07 Å². The normalized spacial score (nSPS) is 22.9. The first-order chi connectivity index (χ1) is 14.6. The van der Waals surface area contributed by atoms with Gasteiger partial charge < -0.3 is 25.3 Å². The van der Waals surface area contributed by atoms with Crippen molar-refractivity contribution in [3.05, 3.63) is 23.0 Å². The summed E-state index contributed by atoms with van der Waals surface area (Å²) >= 11 is 12.5. The van der Waals surface area contributed by atoms with E-state index >= 15 is 0 Å². The van der Waals surface area contributed by atoms with Gasteiger partial charge in [0.15, 0.2) is 5.79 Å². The molecule has 0 aliphatic heterocycles. The van der Waals surface area contributed by atoms with Crippen molar-refractivity contribution in [3.8, 4) is 5.75 Å². The van der Waals surface area contributed by atoms with Crippen molar-refractivity contribution in [3.63, 3.8) is 0 Å². The van der Waals surface area contributed by atoms with Crippen LogP contribution < -0.4 is 15.8 Å². The molecule has 1 aromatic rings. The van der Waals surface area contributed by atoms with Gasteiger partial charge in [-0.25, -0.2) is 4.39 Å². The van der Waals surface area contributed by atoms with Crippen LogP contribution in [0.2, 0.25) is 5.02 Å². The predicted octanol–water partition coefficient (Wildman–Crippen LogP) is 4.09. The van der Waals surface area contributed by atoms with Crippen molar-refractivity contribution in [2.24, 2.45) is 17.6 Å². The van der Waals surface area contributed by atoms with Crippen molar-refractivity contribution >= 4 is 40.7 Å². The zero-order valence-electron chi connectivity index (χ0n) is 18.0. The van der Waals surface area contributed by atoms with E-state index in [1.54, 1.807) is 27.7 Å². The molecule has 0 bridgehead atoms. The molecule has 0 heterocycles. The minimum absolute atomic E-state index is 0.0774. The molecule has 0 spiro atoms. The van der Waals surface area contributed by atoms with Crippen molar-refractivity contribution < 1.29 is 28.2 Å². The second-order valence-electron chi connectivity index (χ2n) is 7.54. The largest absolute Gasteiger partial charge is 0.489 e. The third-order valence-corrected chi connectivity index (χ3v) is 5.85. The molecule has 3 N–H and O–H groups in total. The highest BCUT2D eigenvalue weighted by Gasteiger charge is 2.58. The Bertz CT molecular complexity index is 802. The van der Waals surface area contributed by atoms with E-state index < -0.39 is 40.6 Å². The maximum Gasteiger partial charge on any atom is 0.228 e. The molecule has 31 heavy (non-hydrogen) atoms. The Kier molecular flexibility index (Phi) is 8.94. The van der Waals surface area contributed by atoms with Gasteiger partial charge in [0, 0.05) is 19.3 Å².